The SMILES string of the molecule is Cc1cccc(N(CC(=O)N[C@@H]2CC(C)(C)Oc3ccccc32)S(C)(=O)=O)c1C. The van der Waals surface area contributed by atoms with Crippen molar-refractivity contribution < 1.29 is 17.9 Å². The van der Waals surface area contributed by atoms with Crippen LogP contribution in [0.5, 0.6) is 5.75 Å². The molecule has 0 bridgehead atoms. The normalized spacial score (nSPS) is 17.8. The van der Waals surface area contributed by atoms with E-state index in [0.717, 1.165) is 28.7 Å². The van der Waals surface area contributed by atoms with Crippen molar-refractivity contribution in [2.24, 2.45) is 0 Å². The molecular formula is C22H28N2O4S. The summed E-state index contributed by atoms with van der Waals surface area (Å²) >= 11 is 0. The summed E-state index contributed by atoms with van der Waals surface area (Å²) in [5.41, 5.74) is 2.80. The second kappa shape index (κ2) is 7.71. The molecule has 1 aliphatic heterocycles. The third-order valence-electron chi connectivity index (χ3n) is 5.24. The van der Waals surface area contributed by atoms with Crippen molar-refractivity contribution >= 4 is 21.6 Å². The summed E-state index contributed by atoms with van der Waals surface area (Å²) in [7, 11) is -3.63. The van der Waals surface area contributed by atoms with E-state index in [1.807, 2.05) is 58.0 Å². The van der Waals surface area contributed by atoms with E-state index in [-0.39, 0.29) is 18.5 Å². The fraction of sp³-hybridized carbons (Fsp3) is 0.409. The van der Waals surface area contributed by atoms with Gasteiger partial charge in [0.2, 0.25) is 15.9 Å². The molecule has 1 heterocycles. The number of benzene rings is 2. The molecule has 6 nitrogen and oxygen atoms in total. The van der Waals surface area contributed by atoms with E-state index in [1.165, 1.54) is 4.31 Å². The maximum absolute atomic E-state index is 12.9. The number of sulfonamides is 1. The number of anilines is 1. The molecule has 1 N–H and O–H groups in total. The minimum Gasteiger partial charge on any atom is -0.487 e. The lowest BCUT2D eigenvalue weighted by Gasteiger charge is -2.38. The Balaban J connectivity index is 1.86. The largest absolute Gasteiger partial charge is 0.487 e. The van der Waals surface area contributed by atoms with Crippen molar-refractivity contribution in [2.75, 3.05) is 17.1 Å². The number of ether oxygens (including phenoxy) is 1. The summed E-state index contributed by atoms with van der Waals surface area (Å²) in [6, 6.07) is 12.8. The summed E-state index contributed by atoms with van der Waals surface area (Å²) in [6.45, 7) is 7.45. The first-order valence-electron chi connectivity index (χ1n) is 9.59. The first-order valence-corrected chi connectivity index (χ1v) is 11.4. The van der Waals surface area contributed by atoms with Crippen LogP contribution >= 0.6 is 0 Å². The van der Waals surface area contributed by atoms with Crippen molar-refractivity contribution in [3.8, 4) is 5.75 Å². The van der Waals surface area contributed by atoms with Gasteiger partial charge in [0.25, 0.3) is 0 Å². The molecule has 0 fully saturated rings. The zero-order valence-corrected chi connectivity index (χ0v) is 18.3. The van der Waals surface area contributed by atoms with Crippen molar-refractivity contribution in [1.29, 1.82) is 0 Å². The second-order valence-electron chi connectivity index (χ2n) is 8.21. The van der Waals surface area contributed by atoms with Gasteiger partial charge in [0.1, 0.15) is 17.9 Å². The van der Waals surface area contributed by atoms with Crippen LogP contribution in [-0.2, 0) is 14.8 Å². The van der Waals surface area contributed by atoms with Crippen LogP contribution in [0.2, 0.25) is 0 Å². The van der Waals surface area contributed by atoms with Gasteiger partial charge in [-0.05, 0) is 51.0 Å². The smallest absolute Gasteiger partial charge is 0.241 e. The number of nitrogens with one attached hydrogen (secondary N) is 1. The predicted octanol–water partition coefficient (Wildman–Crippen LogP) is 3.49. The lowest BCUT2D eigenvalue weighted by Crippen LogP contribution is -2.45. The van der Waals surface area contributed by atoms with Gasteiger partial charge in [-0.25, -0.2) is 8.42 Å². The quantitative estimate of drug-likeness (QED) is 0.810. The van der Waals surface area contributed by atoms with Crippen LogP contribution in [0.3, 0.4) is 0 Å². The van der Waals surface area contributed by atoms with Crippen LogP contribution in [0.4, 0.5) is 5.69 Å². The third kappa shape index (κ3) is 4.72. The van der Waals surface area contributed by atoms with E-state index in [1.54, 1.807) is 12.1 Å². The molecule has 0 saturated heterocycles. The van der Waals surface area contributed by atoms with Gasteiger partial charge in [0, 0.05) is 12.0 Å². The third-order valence-corrected chi connectivity index (χ3v) is 6.37. The number of rotatable bonds is 5. The van der Waals surface area contributed by atoms with E-state index >= 15 is 0 Å². The number of carbonyl (C=O) groups is 1. The Morgan fingerprint density at radius 1 is 1.17 bits per heavy atom. The Morgan fingerprint density at radius 2 is 1.86 bits per heavy atom. The number of nitrogens with zero attached hydrogens (tertiary/aromatic N) is 1. The topological polar surface area (TPSA) is 75.7 Å². The zero-order chi connectivity index (χ0) is 21.4. The summed E-state index contributed by atoms with van der Waals surface area (Å²) in [6.07, 6.45) is 1.72. The minimum atomic E-state index is -3.63. The van der Waals surface area contributed by atoms with Crippen molar-refractivity contribution in [3.63, 3.8) is 0 Å². The predicted molar refractivity (Wildman–Crippen MR) is 115 cm³/mol. The molecule has 2 aromatic rings. The fourth-order valence-electron chi connectivity index (χ4n) is 3.69. The average molecular weight is 417 g/mol. The molecule has 0 spiro atoms. The monoisotopic (exact) mass is 416 g/mol. The van der Waals surface area contributed by atoms with Crippen LogP contribution in [0, 0.1) is 13.8 Å². The maximum atomic E-state index is 12.9. The van der Waals surface area contributed by atoms with Gasteiger partial charge in [0.05, 0.1) is 18.0 Å². The highest BCUT2D eigenvalue weighted by Crippen LogP contribution is 2.39. The molecule has 2 aromatic carbocycles. The molecular weight excluding hydrogens is 388 g/mol. The van der Waals surface area contributed by atoms with Gasteiger partial charge in [-0.1, -0.05) is 30.3 Å². The standard InChI is InChI=1S/C22H28N2O4S/c1-15-9-8-11-19(16(15)2)24(29(5,26)27)14-21(25)23-18-13-22(3,4)28-20-12-7-6-10-17(18)20/h6-12,18H,13-14H2,1-5H3,(H,23,25)/t18-/m1/s1. The summed E-state index contributed by atoms with van der Waals surface area (Å²) in [4.78, 5) is 12.9. The number of hydrogen-bond acceptors (Lipinski definition) is 4. The van der Waals surface area contributed by atoms with E-state index in [2.05, 4.69) is 5.32 Å². The molecule has 0 radical (unpaired) electrons. The lowest BCUT2D eigenvalue weighted by molar-refractivity contribution is -0.120. The Bertz CT molecular complexity index is 1030. The van der Waals surface area contributed by atoms with Gasteiger partial charge >= 0.3 is 0 Å². The number of aryl methyl sites for hydroxylation is 1. The highest BCUT2D eigenvalue weighted by atomic mass is 32.2. The van der Waals surface area contributed by atoms with Gasteiger partial charge in [0.15, 0.2) is 0 Å². The van der Waals surface area contributed by atoms with Gasteiger partial charge in [-0.15, -0.1) is 0 Å². The van der Waals surface area contributed by atoms with Crippen molar-refractivity contribution in [2.45, 2.75) is 45.8 Å². The number of para-hydroxylation sites is 1. The van der Waals surface area contributed by atoms with Crippen LogP contribution < -0.4 is 14.4 Å². The average Bonchev–Trinajstić information content (AvgIpc) is 2.60. The van der Waals surface area contributed by atoms with Gasteiger partial charge in [-0.2, -0.15) is 0 Å². The molecule has 0 saturated carbocycles. The van der Waals surface area contributed by atoms with Crippen LogP contribution in [0.15, 0.2) is 42.5 Å². The van der Waals surface area contributed by atoms with E-state index < -0.39 is 15.6 Å². The zero-order valence-electron chi connectivity index (χ0n) is 17.5. The minimum absolute atomic E-state index is 0.248. The number of amides is 1. The molecule has 0 aromatic heterocycles. The lowest BCUT2D eigenvalue weighted by atomic mass is 9.89. The molecule has 1 aliphatic rings. The van der Waals surface area contributed by atoms with Crippen molar-refractivity contribution in [1.82, 2.24) is 5.32 Å². The molecule has 29 heavy (non-hydrogen) atoms. The highest BCUT2D eigenvalue weighted by Gasteiger charge is 2.35. The van der Waals surface area contributed by atoms with E-state index in [0.29, 0.717) is 12.1 Å². The molecule has 3 rings (SSSR count). The Hall–Kier alpha value is -2.54. The molecule has 156 valence electrons. The molecule has 1 atom stereocenters. The summed E-state index contributed by atoms with van der Waals surface area (Å²) < 4.78 is 32.1. The maximum Gasteiger partial charge on any atom is 0.241 e. The Morgan fingerprint density at radius 3 is 2.55 bits per heavy atom. The molecule has 1 amide bonds. The van der Waals surface area contributed by atoms with Gasteiger partial charge in [-0.3, -0.25) is 9.10 Å². The Labute approximate surface area is 172 Å². The number of hydrogen-bond donors (Lipinski definition) is 1. The second-order valence-corrected chi connectivity index (χ2v) is 10.1. The summed E-state index contributed by atoms with van der Waals surface area (Å²) in [5.74, 6) is 0.386. The highest BCUT2D eigenvalue weighted by molar-refractivity contribution is 7.92. The fourth-order valence-corrected chi connectivity index (χ4v) is 4.60. The van der Waals surface area contributed by atoms with Crippen LogP contribution in [0.1, 0.15) is 43.0 Å². The molecule has 0 unspecified atom stereocenters. The molecule has 7 heteroatoms. The van der Waals surface area contributed by atoms with Gasteiger partial charge < -0.3 is 10.1 Å². The molecule has 0 aliphatic carbocycles. The number of fused-ring (bicyclic) bond motifs is 1. The van der Waals surface area contributed by atoms with Crippen LogP contribution in [0.25, 0.3) is 0 Å². The van der Waals surface area contributed by atoms with Crippen LogP contribution in [-0.4, -0.2) is 32.7 Å². The van der Waals surface area contributed by atoms with E-state index in [9.17, 15) is 13.2 Å². The number of carbonyl (C=O) groups excluding carboxylic acids is 1. The Kier molecular flexibility index (Phi) is 5.63. The van der Waals surface area contributed by atoms with E-state index in [4.69, 9.17) is 4.74 Å². The summed E-state index contributed by atoms with van der Waals surface area (Å²) in [5, 5.41) is 3.01. The first-order chi connectivity index (χ1) is 13.5. The van der Waals surface area contributed by atoms with Crippen molar-refractivity contribution in [3.05, 3.63) is 59.2 Å². The first kappa shape index (κ1) is 21.2.